The van der Waals surface area contributed by atoms with E-state index in [1.165, 1.54) is 35.2 Å². The molecule has 2 aromatic rings. The average molecular weight is 270 g/mol. The number of thioether (sulfide) groups is 1. The number of benzene rings is 1. The van der Waals surface area contributed by atoms with Crippen LogP contribution in [0, 0.1) is 5.82 Å². The van der Waals surface area contributed by atoms with Gasteiger partial charge in [0.05, 0.1) is 0 Å². The minimum absolute atomic E-state index is 0.111. The van der Waals surface area contributed by atoms with Crippen LogP contribution in [0.15, 0.2) is 28.0 Å². The van der Waals surface area contributed by atoms with Gasteiger partial charge in [0.2, 0.25) is 0 Å². The molecule has 0 fully saturated rings. The lowest BCUT2D eigenvalue weighted by atomic mass is 9.79. The van der Waals surface area contributed by atoms with Gasteiger partial charge in [-0.1, -0.05) is 35.2 Å². The van der Waals surface area contributed by atoms with Crippen molar-refractivity contribution < 1.29 is 14.4 Å². The fourth-order valence-electron chi connectivity index (χ4n) is 1.25. The first kappa shape index (κ1) is 12.5. The lowest BCUT2D eigenvalue weighted by molar-refractivity contribution is 0.423. The van der Waals surface area contributed by atoms with Crippen molar-refractivity contribution >= 4 is 35.7 Å². The predicted octanol–water partition coefficient (Wildman–Crippen LogP) is 0.649. The summed E-state index contributed by atoms with van der Waals surface area (Å²) in [5.41, 5.74) is 2.32. The molecule has 0 aliphatic carbocycles. The molecule has 1 aromatic carbocycles. The molecule has 0 atom stereocenters. The normalized spacial score (nSPS) is 10.5. The summed E-state index contributed by atoms with van der Waals surface area (Å²) in [6.07, 6.45) is 0. The monoisotopic (exact) mass is 270 g/mol. The first-order chi connectivity index (χ1) is 8.16. The average Bonchev–Trinajstić information content (AvgIpc) is 2.80. The van der Waals surface area contributed by atoms with Crippen LogP contribution in [0.1, 0.15) is 5.56 Å². The summed E-state index contributed by atoms with van der Waals surface area (Å²) in [7, 11) is -1.79. The van der Waals surface area contributed by atoms with E-state index < -0.39 is 12.9 Å². The third kappa shape index (κ3) is 3.26. The van der Waals surface area contributed by atoms with E-state index in [1.807, 2.05) is 0 Å². The minimum Gasteiger partial charge on any atom is -0.423 e. The largest absolute Gasteiger partial charge is 0.491 e. The summed E-state index contributed by atoms with van der Waals surface area (Å²) in [6, 6.07) is 4.27. The second-order valence-electron chi connectivity index (χ2n) is 3.22. The zero-order valence-corrected chi connectivity index (χ0v) is 10.2. The topological polar surface area (TPSA) is 66.2 Å². The van der Waals surface area contributed by atoms with Crippen LogP contribution in [0.25, 0.3) is 0 Å². The highest BCUT2D eigenvalue weighted by Gasteiger charge is 2.16. The molecule has 0 unspecified atom stereocenters. The predicted molar refractivity (Wildman–Crippen MR) is 65.7 cm³/mol. The molecule has 4 nitrogen and oxygen atoms in total. The number of aromatic nitrogens is 2. The number of hydrogen-bond acceptors (Lipinski definition) is 6. The lowest BCUT2D eigenvalue weighted by Crippen LogP contribution is -2.32. The Morgan fingerprint density at radius 2 is 2.24 bits per heavy atom. The van der Waals surface area contributed by atoms with Crippen LogP contribution >= 0.6 is 23.1 Å². The highest BCUT2D eigenvalue weighted by molar-refractivity contribution is 8.00. The molecular weight excluding hydrogens is 262 g/mol. The lowest BCUT2D eigenvalue weighted by Gasteiger charge is -2.04. The van der Waals surface area contributed by atoms with E-state index in [4.69, 9.17) is 10.0 Å². The van der Waals surface area contributed by atoms with Crippen LogP contribution in [0.2, 0.25) is 0 Å². The van der Waals surface area contributed by atoms with Crippen molar-refractivity contribution in [3.05, 3.63) is 35.1 Å². The standard InChI is InChI=1S/C9H8BFN2O2S2/c11-8-2-1-6(3-7(8)10(14)15)4-16-9-13-12-5-17-9/h1-3,5,14-15H,4H2. The van der Waals surface area contributed by atoms with Gasteiger partial charge < -0.3 is 10.0 Å². The van der Waals surface area contributed by atoms with Crippen molar-refractivity contribution in [1.29, 1.82) is 0 Å². The maximum absolute atomic E-state index is 13.2. The Bertz CT molecular complexity index is 496. The third-order valence-electron chi connectivity index (χ3n) is 2.04. The molecule has 1 heterocycles. The summed E-state index contributed by atoms with van der Waals surface area (Å²) in [4.78, 5) is 0. The minimum atomic E-state index is -1.79. The summed E-state index contributed by atoms with van der Waals surface area (Å²) in [5.74, 6) is -0.0421. The Morgan fingerprint density at radius 1 is 1.41 bits per heavy atom. The van der Waals surface area contributed by atoms with Gasteiger partial charge in [-0.2, -0.15) is 0 Å². The molecule has 0 bridgehead atoms. The van der Waals surface area contributed by atoms with Crippen molar-refractivity contribution in [2.45, 2.75) is 10.1 Å². The molecule has 0 saturated carbocycles. The second-order valence-corrected chi connectivity index (χ2v) is 5.28. The van der Waals surface area contributed by atoms with Gasteiger partial charge in [-0.05, 0) is 11.6 Å². The van der Waals surface area contributed by atoms with Crippen LogP contribution in [0.5, 0.6) is 0 Å². The number of hydrogen-bond donors (Lipinski definition) is 2. The highest BCUT2D eigenvalue weighted by Crippen LogP contribution is 2.23. The van der Waals surface area contributed by atoms with E-state index in [-0.39, 0.29) is 5.46 Å². The molecular formula is C9H8BFN2O2S2. The van der Waals surface area contributed by atoms with Crippen molar-refractivity contribution in [3.8, 4) is 0 Å². The number of rotatable bonds is 4. The van der Waals surface area contributed by atoms with Gasteiger partial charge in [0, 0.05) is 11.2 Å². The molecule has 8 heteroatoms. The van der Waals surface area contributed by atoms with Crippen LogP contribution in [-0.2, 0) is 5.75 Å². The molecule has 0 amide bonds. The van der Waals surface area contributed by atoms with Crippen molar-refractivity contribution in [2.75, 3.05) is 0 Å². The smallest absolute Gasteiger partial charge is 0.423 e. The molecule has 0 spiro atoms. The SMILES string of the molecule is OB(O)c1cc(CSc2nncs2)ccc1F. The van der Waals surface area contributed by atoms with Gasteiger partial charge in [-0.25, -0.2) is 4.39 Å². The van der Waals surface area contributed by atoms with Crippen molar-refractivity contribution in [3.63, 3.8) is 0 Å². The van der Waals surface area contributed by atoms with Gasteiger partial charge in [0.25, 0.3) is 0 Å². The molecule has 0 aliphatic rings. The maximum atomic E-state index is 13.2. The molecule has 1 aromatic heterocycles. The van der Waals surface area contributed by atoms with Crippen LogP contribution in [0.3, 0.4) is 0 Å². The highest BCUT2D eigenvalue weighted by atomic mass is 32.2. The van der Waals surface area contributed by atoms with Crippen LogP contribution in [0.4, 0.5) is 4.39 Å². The van der Waals surface area contributed by atoms with E-state index in [2.05, 4.69) is 10.2 Å². The summed E-state index contributed by atoms with van der Waals surface area (Å²) in [5, 5.41) is 25.5. The summed E-state index contributed by atoms with van der Waals surface area (Å²) < 4.78 is 14.0. The first-order valence-electron chi connectivity index (χ1n) is 4.70. The molecule has 88 valence electrons. The Morgan fingerprint density at radius 3 is 2.88 bits per heavy atom. The van der Waals surface area contributed by atoms with E-state index in [9.17, 15) is 4.39 Å². The molecule has 17 heavy (non-hydrogen) atoms. The van der Waals surface area contributed by atoms with E-state index in [1.54, 1.807) is 11.6 Å². The first-order valence-corrected chi connectivity index (χ1v) is 6.57. The zero-order valence-electron chi connectivity index (χ0n) is 8.58. The van der Waals surface area contributed by atoms with Crippen molar-refractivity contribution in [2.24, 2.45) is 0 Å². The fraction of sp³-hybridized carbons (Fsp3) is 0.111. The Hall–Kier alpha value is -0.955. The van der Waals surface area contributed by atoms with Gasteiger partial charge in [0.15, 0.2) is 4.34 Å². The molecule has 0 radical (unpaired) electrons. The Kier molecular flexibility index (Phi) is 4.11. The summed E-state index contributed by atoms with van der Waals surface area (Å²) >= 11 is 2.89. The van der Waals surface area contributed by atoms with Gasteiger partial charge in [-0.15, -0.1) is 10.2 Å². The van der Waals surface area contributed by atoms with Crippen LogP contribution < -0.4 is 5.46 Å². The maximum Gasteiger partial charge on any atom is 0.491 e. The summed E-state index contributed by atoms with van der Waals surface area (Å²) in [6.45, 7) is 0. The van der Waals surface area contributed by atoms with E-state index in [0.717, 1.165) is 9.90 Å². The third-order valence-corrected chi connectivity index (χ3v) is 3.97. The fourth-order valence-corrected chi connectivity index (χ4v) is 2.68. The molecule has 2 N–H and O–H groups in total. The van der Waals surface area contributed by atoms with E-state index in [0.29, 0.717) is 5.75 Å². The second kappa shape index (κ2) is 5.59. The quantitative estimate of drug-likeness (QED) is 0.630. The Labute approximate surface area is 106 Å². The van der Waals surface area contributed by atoms with Crippen molar-refractivity contribution in [1.82, 2.24) is 10.2 Å². The van der Waals surface area contributed by atoms with Gasteiger partial charge in [0.1, 0.15) is 11.3 Å². The van der Waals surface area contributed by atoms with Gasteiger partial charge in [-0.3, -0.25) is 0 Å². The number of halogens is 1. The number of nitrogens with zero attached hydrogens (tertiary/aromatic N) is 2. The van der Waals surface area contributed by atoms with Gasteiger partial charge >= 0.3 is 7.12 Å². The molecule has 0 saturated heterocycles. The van der Waals surface area contributed by atoms with E-state index >= 15 is 0 Å². The van der Waals surface area contributed by atoms with Crippen LogP contribution in [-0.4, -0.2) is 27.4 Å². The molecule has 2 rings (SSSR count). The zero-order chi connectivity index (χ0) is 12.3. The Balaban J connectivity index is 2.09. The molecule has 0 aliphatic heterocycles.